The molecule has 0 saturated carbocycles. The van der Waals surface area contributed by atoms with Crippen LogP contribution in [0.4, 0.5) is 11.4 Å². The normalized spacial score (nSPS) is 11.0. The first-order valence-electron chi connectivity index (χ1n) is 11.2. The molecule has 0 aliphatic carbocycles. The van der Waals surface area contributed by atoms with Crippen molar-refractivity contribution in [1.82, 2.24) is 0 Å². The molecule has 0 fully saturated rings. The zero-order valence-corrected chi connectivity index (χ0v) is 18.7. The number of hydrogen-bond donors (Lipinski definition) is 0. The highest BCUT2D eigenvalue weighted by atomic mass is 16.5. The first kappa shape index (κ1) is 24.5. The van der Waals surface area contributed by atoms with Crippen LogP contribution in [0.3, 0.4) is 0 Å². The van der Waals surface area contributed by atoms with Crippen molar-refractivity contribution in [3.8, 4) is 11.5 Å². The van der Waals surface area contributed by atoms with Crippen molar-refractivity contribution in [1.29, 1.82) is 0 Å². The Kier molecular flexibility index (Phi) is 12.0. The predicted molar refractivity (Wildman–Crippen MR) is 123 cm³/mol. The molecule has 0 spiro atoms. The minimum absolute atomic E-state index is 0.240. The second-order valence-corrected chi connectivity index (χ2v) is 7.29. The van der Waals surface area contributed by atoms with Crippen LogP contribution in [0.15, 0.2) is 58.8 Å². The molecule has 168 valence electrons. The molecular weight excluding hydrogens is 392 g/mol. The molecule has 6 nitrogen and oxygen atoms in total. The lowest BCUT2D eigenvalue weighted by atomic mass is 10.2. The third kappa shape index (κ3) is 10.7. The highest BCUT2D eigenvalue weighted by Crippen LogP contribution is 2.23. The summed E-state index contributed by atoms with van der Waals surface area (Å²) in [7, 11) is 0. The van der Waals surface area contributed by atoms with E-state index in [2.05, 4.69) is 24.1 Å². The lowest BCUT2D eigenvalue weighted by molar-refractivity contribution is -0.135. The second-order valence-electron chi connectivity index (χ2n) is 7.29. The molecule has 0 saturated heterocycles. The van der Waals surface area contributed by atoms with Gasteiger partial charge < -0.3 is 14.2 Å². The van der Waals surface area contributed by atoms with Gasteiger partial charge in [-0.2, -0.15) is 10.2 Å². The Morgan fingerprint density at radius 2 is 1.32 bits per heavy atom. The van der Waals surface area contributed by atoms with Gasteiger partial charge in [-0.05, 0) is 61.4 Å². The van der Waals surface area contributed by atoms with Crippen LogP contribution in [0.5, 0.6) is 11.5 Å². The Labute approximate surface area is 185 Å². The van der Waals surface area contributed by atoms with Crippen LogP contribution in [0, 0.1) is 0 Å². The maximum absolute atomic E-state index is 11.8. The van der Waals surface area contributed by atoms with Gasteiger partial charge in [0.15, 0.2) is 0 Å². The zero-order valence-electron chi connectivity index (χ0n) is 18.7. The fourth-order valence-electron chi connectivity index (χ4n) is 2.71. The Hall–Kier alpha value is -2.73. The van der Waals surface area contributed by atoms with Gasteiger partial charge in [0.25, 0.3) is 0 Å². The standard InChI is InChI=1S/C25H34N2O4/c1-3-5-7-8-19-30-23-13-9-21(10-14-23)26-27-22-11-15-24(16-12-22)31-25(28)17-20-29-18-6-4-2/h9-16H,3-8,17-20H2,1-2H3. The number of benzene rings is 2. The topological polar surface area (TPSA) is 69.5 Å². The second kappa shape index (κ2) is 15.1. The first-order valence-corrected chi connectivity index (χ1v) is 11.2. The average Bonchev–Trinajstić information content (AvgIpc) is 2.79. The van der Waals surface area contributed by atoms with Crippen molar-refractivity contribution in [3.63, 3.8) is 0 Å². The minimum atomic E-state index is -0.307. The van der Waals surface area contributed by atoms with E-state index in [0.29, 0.717) is 24.7 Å². The molecule has 0 aliphatic heterocycles. The summed E-state index contributed by atoms with van der Waals surface area (Å²) in [6.07, 6.45) is 7.07. The molecule has 2 rings (SSSR count). The molecular formula is C25H34N2O4. The van der Waals surface area contributed by atoms with Gasteiger partial charge in [0.05, 0.1) is 31.0 Å². The van der Waals surface area contributed by atoms with E-state index in [1.54, 1.807) is 24.3 Å². The van der Waals surface area contributed by atoms with Crippen LogP contribution < -0.4 is 9.47 Å². The van der Waals surface area contributed by atoms with Gasteiger partial charge in [-0.25, -0.2) is 0 Å². The molecule has 0 atom stereocenters. The van der Waals surface area contributed by atoms with E-state index >= 15 is 0 Å². The van der Waals surface area contributed by atoms with Gasteiger partial charge in [-0.15, -0.1) is 0 Å². The first-order chi connectivity index (χ1) is 15.2. The Bertz CT molecular complexity index is 773. The van der Waals surface area contributed by atoms with Gasteiger partial charge in [0, 0.05) is 6.61 Å². The monoisotopic (exact) mass is 426 g/mol. The van der Waals surface area contributed by atoms with Gasteiger partial charge >= 0.3 is 5.97 Å². The van der Waals surface area contributed by atoms with Crippen molar-refractivity contribution in [3.05, 3.63) is 48.5 Å². The number of azo groups is 1. The van der Waals surface area contributed by atoms with E-state index in [1.165, 1.54) is 19.3 Å². The fourth-order valence-corrected chi connectivity index (χ4v) is 2.71. The van der Waals surface area contributed by atoms with E-state index in [-0.39, 0.29) is 12.4 Å². The van der Waals surface area contributed by atoms with Crippen molar-refractivity contribution in [2.24, 2.45) is 10.2 Å². The highest BCUT2D eigenvalue weighted by molar-refractivity contribution is 5.72. The van der Waals surface area contributed by atoms with Crippen LogP contribution in [0.1, 0.15) is 58.8 Å². The van der Waals surface area contributed by atoms with Crippen LogP contribution in [-0.4, -0.2) is 25.8 Å². The lowest BCUT2D eigenvalue weighted by Gasteiger charge is -2.06. The van der Waals surface area contributed by atoms with E-state index in [4.69, 9.17) is 14.2 Å². The number of carbonyl (C=O) groups is 1. The van der Waals surface area contributed by atoms with Crippen molar-refractivity contribution < 1.29 is 19.0 Å². The molecule has 2 aromatic carbocycles. The molecule has 2 aromatic rings. The number of hydrogen-bond acceptors (Lipinski definition) is 6. The Morgan fingerprint density at radius 3 is 1.94 bits per heavy atom. The molecule has 0 N–H and O–H groups in total. The van der Waals surface area contributed by atoms with E-state index in [9.17, 15) is 4.79 Å². The summed E-state index contributed by atoms with van der Waals surface area (Å²) < 4.78 is 16.4. The number of ether oxygens (including phenoxy) is 3. The highest BCUT2D eigenvalue weighted by Gasteiger charge is 2.05. The zero-order chi connectivity index (χ0) is 22.2. The molecule has 0 unspecified atom stereocenters. The van der Waals surface area contributed by atoms with Crippen LogP contribution in [0.25, 0.3) is 0 Å². The molecule has 0 aromatic heterocycles. The number of unbranched alkanes of at least 4 members (excludes halogenated alkanes) is 4. The van der Waals surface area contributed by atoms with Crippen molar-refractivity contribution in [2.75, 3.05) is 19.8 Å². The third-order valence-corrected chi connectivity index (χ3v) is 4.55. The Morgan fingerprint density at radius 1 is 0.710 bits per heavy atom. The summed E-state index contributed by atoms with van der Waals surface area (Å²) in [5.41, 5.74) is 1.43. The Balaban J connectivity index is 1.73. The molecule has 0 amide bonds. The summed E-state index contributed by atoms with van der Waals surface area (Å²) in [6, 6.07) is 14.5. The maximum Gasteiger partial charge on any atom is 0.313 e. The third-order valence-electron chi connectivity index (χ3n) is 4.55. The summed E-state index contributed by atoms with van der Waals surface area (Å²) in [4.78, 5) is 11.8. The molecule has 0 heterocycles. The quantitative estimate of drug-likeness (QED) is 0.131. The summed E-state index contributed by atoms with van der Waals surface area (Å²) in [5.74, 6) is 1.02. The molecule has 0 bridgehead atoms. The summed E-state index contributed by atoms with van der Waals surface area (Å²) >= 11 is 0. The molecule has 0 radical (unpaired) electrons. The van der Waals surface area contributed by atoms with Gasteiger partial charge in [-0.3, -0.25) is 4.79 Å². The molecule has 6 heteroatoms. The van der Waals surface area contributed by atoms with Gasteiger partial charge in [0.1, 0.15) is 11.5 Å². The van der Waals surface area contributed by atoms with Crippen LogP contribution >= 0.6 is 0 Å². The summed E-state index contributed by atoms with van der Waals surface area (Å²) in [5, 5.41) is 8.46. The van der Waals surface area contributed by atoms with Crippen LogP contribution in [0.2, 0.25) is 0 Å². The maximum atomic E-state index is 11.8. The minimum Gasteiger partial charge on any atom is -0.494 e. The SMILES string of the molecule is CCCCCCOc1ccc(N=Nc2ccc(OC(=O)CCOCCCC)cc2)cc1. The number of rotatable bonds is 15. The van der Waals surface area contributed by atoms with E-state index in [1.807, 2.05) is 24.3 Å². The fraction of sp³-hybridized carbons (Fsp3) is 0.480. The lowest BCUT2D eigenvalue weighted by Crippen LogP contribution is -2.11. The smallest absolute Gasteiger partial charge is 0.313 e. The van der Waals surface area contributed by atoms with Crippen LogP contribution in [-0.2, 0) is 9.53 Å². The summed E-state index contributed by atoms with van der Waals surface area (Å²) in [6.45, 7) is 6.10. The number of carbonyl (C=O) groups excluding carboxylic acids is 1. The molecule has 31 heavy (non-hydrogen) atoms. The average molecular weight is 427 g/mol. The van der Waals surface area contributed by atoms with Gasteiger partial charge in [-0.1, -0.05) is 39.5 Å². The van der Waals surface area contributed by atoms with E-state index in [0.717, 1.165) is 37.3 Å². The van der Waals surface area contributed by atoms with Crippen molar-refractivity contribution >= 4 is 17.3 Å². The van der Waals surface area contributed by atoms with Crippen molar-refractivity contribution in [2.45, 2.75) is 58.8 Å². The number of nitrogens with zero attached hydrogens (tertiary/aromatic N) is 2. The largest absolute Gasteiger partial charge is 0.494 e. The van der Waals surface area contributed by atoms with E-state index < -0.39 is 0 Å². The molecule has 0 aliphatic rings. The number of esters is 1. The predicted octanol–water partition coefficient (Wildman–Crippen LogP) is 7.17. The van der Waals surface area contributed by atoms with Gasteiger partial charge in [0.2, 0.25) is 0 Å².